The Bertz CT molecular complexity index is 1470. The molecule has 2 aromatic carbocycles. The lowest BCUT2D eigenvalue weighted by atomic mass is 9.90. The molecule has 0 saturated carbocycles. The van der Waals surface area contributed by atoms with Crippen molar-refractivity contribution >= 4 is 53.9 Å². The molecule has 45 heavy (non-hydrogen) atoms. The topological polar surface area (TPSA) is 95.1 Å². The van der Waals surface area contributed by atoms with Gasteiger partial charge in [-0.1, -0.05) is 17.7 Å². The van der Waals surface area contributed by atoms with Gasteiger partial charge in [0, 0.05) is 63.8 Å². The molecule has 0 spiro atoms. The Labute approximate surface area is 279 Å². The van der Waals surface area contributed by atoms with Crippen molar-refractivity contribution in [2.24, 2.45) is 5.41 Å². The molecule has 0 bridgehead atoms. The van der Waals surface area contributed by atoms with Crippen LogP contribution in [0, 0.1) is 12.3 Å². The minimum Gasteiger partial charge on any atom is -0.494 e. The van der Waals surface area contributed by atoms with E-state index in [9.17, 15) is 14.4 Å². The number of nitrogens with one attached hydrogen (secondary N) is 1. The van der Waals surface area contributed by atoms with E-state index < -0.39 is 5.41 Å². The lowest BCUT2D eigenvalue weighted by molar-refractivity contribution is -0.137. The van der Waals surface area contributed by atoms with E-state index in [-0.39, 0.29) is 42.5 Å². The van der Waals surface area contributed by atoms with Crippen molar-refractivity contribution in [1.29, 1.82) is 0 Å². The van der Waals surface area contributed by atoms with E-state index in [1.54, 1.807) is 35.6 Å². The number of carbonyl (C=O) groups is 3. The molecule has 3 aromatic rings. The molecular formula is C34H45Cl2N5O4. The van der Waals surface area contributed by atoms with E-state index >= 15 is 0 Å². The Kier molecular flexibility index (Phi) is 13.8. The number of amides is 3. The number of halogens is 2. The summed E-state index contributed by atoms with van der Waals surface area (Å²) in [5.41, 5.74) is 4.18. The number of aromatic nitrogens is 1. The smallest absolute Gasteiger partial charge is 0.253 e. The number of nitrogens with zero attached hydrogens (tertiary/aromatic N) is 4. The van der Waals surface area contributed by atoms with E-state index in [1.165, 1.54) is 0 Å². The van der Waals surface area contributed by atoms with Gasteiger partial charge in [0.15, 0.2) is 0 Å². The fraction of sp³-hybridized carbons (Fsp3) is 0.412. The van der Waals surface area contributed by atoms with Crippen molar-refractivity contribution in [3.8, 4) is 5.75 Å². The summed E-state index contributed by atoms with van der Waals surface area (Å²) >= 11 is 0. The van der Waals surface area contributed by atoms with Crippen LogP contribution in [0.3, 0.4) is 0 Å². The van der Waals surface area contributed by atoms with Crippen LogP contribution in [0.1, 0.15) is 54.4 Å². The first-order chi connectivity index (χ1) is 20.5. The number of likely N-dealkylation sites (N-methyl/N-ethyl adjacent to an activating group) is 1. The van der Waals surface area contributed by atoms with Gasteiger partial charge >= 0.3 is 0 Å². The van der Waals surface area contributed by atoms with Crippen LogP contribution in [0.2, 0.25) is 0 Å². The first kappa shape index (κ1) is 37.5. The summed E-state index contributed by atoms with van der Waals surface area (Å²) in [6.45, 7) is 10.2. The van der Waals surface area contributed by atoms with Gasteiger partial charge in [-0.2, -0.15) is 0 Å². The summed E-state index contributed by atoms with van der Waals surface area (Å²) in [6, 6.07) is 17.3. The van der Waals surface area contributed by atoms with E-state index in [2.05, 4.69) is 16.4 Å². The Balaban J connectivity index is 0.00000353. The van der Waals surface area contributed by atoms with Crippen LogP contribution in [0.15, 0.2) is 60.8 Å². The monoisotopic (exact) mass is 657 g/mol. The van der Waals surface area contributed by atoms with Gasteiger partial charge in [0.2, 0.25) is 11.8 Å². The highest BCUT2D eigenvalue weighted by atomic mass is 35.5. The normalized spacial score (nSPS) is 13.7. The number of anilines is 2. The molecule has 11 heteroatoms. The first-order valence-corrected chi connectivity index (χ1v) is 14.9. The number of benzene rings is 2. The number of hydrogen-bond acceptors (Lipinski definition) is 6. The summed E-state index contributed by atoms with van der Waals surface area (Å²) in [5.74, 6) is 0.224. The van der Waals surface area contributed by atoms with Gasteiger partial charge in [-0.3, -0.25) is 19.4 Å². The highest BCUT2D eigenvalue weighted by molar-refractivity contribution is 6.20. The van der Waals surface area contributed by atoms with Crippen LogP contribution in [0.5, 0.6) is 5.75 Å². The standard InChI is InChI=1S/C34H43N5O4.2ClH/c1-7-39-29-15-14-28(22-30(29)38(6)32(41)34(3,4)33(39)42)43-20-8-9-27-21-25(16-17-36-27)23-35-18-19-37(5)31(40)26-12-10-24(2)11-13-26;;/h10-17,21-22,35H,7-9,18-20,23H2,1-6H3;2*1H. The number of aryl methyl sites for hydroxylation is 2. The highest BCUT2D eigenvalue weighted by Crippen LogP contribution is 2.40. The number of hydrogen-bond donors (Lipinski definition) is 1. The van der Waals surface area contributed by atoms with Gasteiger partial charge in [-0.05, 0) is 82.5 Å². The van der Waals surface area contributed by atoms with Crippen LogP contribution in [0.4, 0.5) is 11.4 Å². The molecule has 1 aliphatic heterocycles. The maximum Gasteiger partial charge on any atom is 0.253 e. The summed E-state index contributed by atoms with van der Waals surface area (Å²) in [4.78, 5) is 48.2. The van der Waals surface area contributed by atoms with Crippen molar-refractivity contribution in [3.63, 3.8) is 0 Å². The average molecular weight is 659 g/mol. The largest absolute Gasteiger partial charge is 0.494 e. The number of carbonyl (C=O) groups excluding carboxylic acids is 3. The van der Waals surface area contributed by atoms with Crippen molar-refractivity contribution in [3.05, 3.63) is 83.2 Å². The zero-order valence-corrected chi connectivity index (χ0v) is 28.6. The van der Waals surface area contributed by atoms with E-state index in [4.69, 9.17) is 4.74 Å². The number of ether oxygens (including phenoxy) is 1. The summed E-state index contributed by atoms with van der Waals surface area (Å²) in [5, 5.41) is 3.42. The number of fused-ring (bicyclic) bond motifs is 1. The maximum absolute atomic E-state index is 13.1. The van der Waals surface area contributed by atoms with Gasteiger partial charge in [0.05, 0.1) is 18.0 Å². The van der Waals surface area contributed by atoms with E-state index in [0.717, 1.165) is 29.7 Å². The third kappa shape index (κ3) is 8.96. The van der Waals surface area contributed by atoms with Crippen LogP contribution < -0.4 is 19.9 Å². The van der Waals surface area contributed by atoms with Gasteiger partial charge < -0.3 is 24.8 Å². The van der Waals surface area contributed by atoms with Gasteiger partial charge in [0.25, 0.3) is 5.91 Å². The molecule has 0 unspecified atom stereocenters. The Morgan fingerprint density at radius 3 is 2.40 bits per heavy atom. The Morgan fingerprint density at radius 1 is 1.00 bits per heavy atom. The Morgan fingerprint density at radius 2 is 1.71 bits per heavy atom. The third-order valence-corrected chi connectivity index (χ3v) is 7.86. The number of pyridine rings is 1. The molecule has 0 radical (unpaired) electrons. The molecule has 0 fully saturated rings. The molecule has 0 aliphatic carbocycles. The second kappa shape index (κ2) is 16.6. The number of rotatable bonds is 12. The Hall–Kier alpha value is -3.66. The summed E-state index contributed by atoms with van der Waals surface area (Å²) < 4.78 is 6.04. The van der Waals surface area contributed by atoms with Crippen molar-refractivity contribution in [2.75, 3.05) is 50.1 Å². The van der Waals surface area contributed by atoms with Gasteiger partial charge in [-0.25, -0.2) is 0 Å². The molecule has 3 amide bonds. The third-order valence-electron chi connectivity index (χ3n) is 7.86. The van der Waals surface area contributed by atoms with Crippen LogP contribution >= 0.6 is 24.8 Å². The molecule has 2 heterocycles. The van der Waals surface area contributed by atoms with Crippen LogP contribution in [0.25, 0.3) is 0 Å². The molecule has 1 aliphatic rings. The predicted molar refractivity (Wildman–Crippen MR) is 184 cm³/mol. The minimum absolute atomic E-state index is 0. The molecule has 244 valence electrons. The molecular weight excluding hydrogens is 613 g/mol. The fourth-order valence-corrected chi connectivity index (χ4v) is 5.19. The zero-order chi connectivity index (χ0) is 31.1. The molecule has 0 saturated heterocycles. The minimum atomic E-state index is -1.14. The van der Waals surface area contributed by atoms with Crippen molar-refractivity contribution in [2.45, 2.75) is 47.1 Å². The van der Waals surface area contributed by atoms with E-state index in [1.807, 2.05) is 75.6 Å². The molecule has 4 rings (SSSR count). The lowest BCUT2D eigenvalue weighted by Gasteiger charge is -2.27. The predicted octanol–water partition coefficient (Wildman–Crippen LogP) is 5.46. The second-order valence-corrected chi connectivity index (χ2v) is 11.6. The zero-order valence-electron chi connectivity index (χ0n) is 27.0. The fourth-order valence-electron chi connectivity index (χ4n) is 5.19. The van der Waals surface area contributed by atoms with Crippen molar-refractivity contribution in [1.82, 2.24) is 15.2 Å². The van der Waals surface area contributed by atoms with Crippen LogP contribution in [-0.4, -0.2) is 67.9 Å². The molecule has 9 nitrogen and oxygen atoms in total. The lowest BCUT2D eigenvalue weighted by Crippen LogP contribution is -2.47. The second-order valence-electron chi connectivity index (χ2n) is 11.6. The van der Waals surface area contributed by atoms with Crippen LogP contribution in [-0.2, 0) is 22.6 Å². The molecule has 0 atom stereocenters. The summed E-state index contributed by atoms with van der Waals surface area (Å²) in [6.07, 6.45) is 3.35. The van der Waals surface area contributed by atoms with Gasteiger partial charge in [0.1, 0.15) is 11.2 Å². The quantitative estimate of drug-likeness (QED) is 0.205. The SMILES string of the molecule is CCN1C(=O)C(C)(C)C(=O)N(C)c2cc(OCCCc3cc(CNCCN(C)C(=O)c4ccc(C)cc4)ccn3)ccc21.Cl.Cl. The summed E-state index contributed by atoms with van der Waals surface area (Å²) in [7, 11) is 3.52. The van der Waals surface area contributed by atoms with E-state index in [0.29, 0.717) is 55.5 Å². The molecule has 1 N–H and O–H groups in total. The average Bonchev–Trinajstić information content (AvgIpc) is 3.05. The highest BCUT2D eigenvalue weighted by Gasteiger charge is 2.45. The van der Waals surface area contributed by atoms with Crippen molar-refractivity contribution < 1.29 is 19.1 Å². The maximum atomic E-state index is 13.1. The molecule has 1 aromatic heterocycles. The first-order valence-electron chi connectivity index (χ1n) is 14.9. The van der Waals surface area contributed by atoms with Gasteiger partial charge in [-0.15, -0.1) is 24.8 Å².